The van der Waals surface area contributed by atoms with E-state index < -0.39 is 0 Å². The Balaban J connectivity index is 1.38. The van der Waals surface area contributed by atoms with Crippen molar-refractivity contribution in [3.63, 3.8) is 0 Å². The maximum Gasteiger partial charge on any atom is 0.120 e. The fraction of sp³-hybridized carbons (Fsp3) is 0.556. The standard InChI is InChI=1S/C27H35NO2/c1-3-17-4-7-20(8-5-17)28-16-19-14-23-18(15-25(19)29)6-9-22-21(23)12-13-27(2)24(22)10-11-26(27)30/h4-5,7-8,14-15,21-22,24,26,28-30H,3,6,9-13,16H2,1-2H3/t21-,22+,24-,26-,27-/m0/s1. The smallest absolute Gasteiger partial charge is 0.120 e. The second kappa shape index (κ2) is 7.60. The topological polar surface area (TPSA) is 52.5 Å². The molecule has 160 valence electrons. The lowest BCUT2D eigenvalue weighted by Gasteiger charge is -2.50. The molecule has 3 N–H and O–H groups in total. The third kappa shape index (κ3) is 3.22. The number of anilines is 1. The predicted molar refractivity (Wildman–Crippen MR) is 122 cm³/mol. The number of hydrogen-bond donors (Lipinski definition) is 3. The Kier molecular flexibility index (Phi) is 5.05. The van der Waals surface area contributed by atoms with Gasteiger partial charge in [-0.2, -0.15) is 0 Å². The first kappa shape index (κ1) is 19.9. The highest BCUT2D eigenvalue weighted by Gasteiger charge is 2.54. The number of hydrogen-bond acceptors (Lipinski definition) is 3. The average Bonchev–Trinajstić information content (AvgIpc) is 3.07. The van der Waals surface area contributed by atoms with Gasteiger partial charge in [0, 0.05) is 17.8 Å². The molecule has 0 spiro atoms. The van der Waals surface area contributed by atoms with Crippen LogP contribution >= 0.6 is 0 Å². The van der Waals surface area contributed by atoms with E-state index in [1.54, 1.807) is 0 Å². The van der Waals surface area contributed by atoms with Crippen molar-refractivity contribution in [2.45, 2.75) is 77.4 Å². The molecule has 2 saturated carbocycles. The lowest BCUT2D eigenvalue weighted by molar-refractivity contribution is -0.0226. The summed E-state index contributed by atoms with van der Waals surface area (Å²) in [6.45, 7) is 5.14. The van der Waals surface area contributed by atoms with Gasteiger partial charge in [-0.05, 0) is 109 Å². The van der Waals surface area contributed by atoms with Crippen molar-refractivity contribution < 1.29 is 10.2 Å². The summed E-state index contributed by atoms with van der Waals surface area (Å²) in [6.07, 6.45) is 7.61. The number of nitrogens with one attached hydrogen (secondary N) is 1. The van der Waals surface area contributed by atoms with Crippen molar-refractivity contribution in [3.8, 4) is 5.75 Å². The molecule has 3 aliphatic rings. The number of fused-ring (bicyclic) bond motifs is 5. The summed E-state index contributed by atoms with van der Waals surface area (Å²) in [6, 6.07) is 12.9. The maximum absolute atomic E-state index is 10.7. The quantitative estimate of drug-likeness (QED) is 0.604. The monoisotopic (exact) mass is 405 g/mol. The molecule has 0 bridgehead atoms. The Morgan fingerprint density at radius 1 is 1.07 bits per heavy atom. The van der Waals surface area contributed by atoms with Gasteiger partial charge in [0.15, 0.2) is 0 Å². The van der Waals surface area contributed by atoms with Crippen LogP contribution in [0.4, 0.5) is 5.69 Å². The van der Waals surface area contributed by atoms with Crippen molar-refractivity contribution >= 4 is 5.69 Å². The van der Waals surface area contributed by atoms with Gasteiger partial charge in [-0.3, -0.25) is 0 Å². The summed E-state index contributed by atoms with van der Waals surface area (Å²) in [5.74, 6) is 2.33. The van der Waals surface area contributed by atoms with Gasteiger partial charge in [0.05, 0.1) is 6.10 Å². The molecular formula is C27H35NO2. The zero-order valence-electron chi connectivity index (χ0n) is 18.3. The minimum atomic E-state index is -0.122. The molecule has 0 aliphatic heterocycles. The van der Waals surface area contributed by atoms with E-state index in [1.165, 1.54) is 29.5 Å². The molecule has 2 fully saturated rings. The van der Waals surface area contributed by atoms with E-state index >= 15 is 0 Å². The highest BCUT2D eigenvalue weighted by atomic mass is 16.3. The molecule has 0 saturated heterocycles. The normalized spacial score (nSPS) is 32.2. The first-order chi connectivity index (χ1) is 14.5. The Bertz CT molecular complexity index is 921. The van der Waals surface area contributed by atoms with Gasteiger partial charge < -0.3 is 15.5 Å². The summed E-state index contributed by atoms with van der Waals surface area (Å²) in [4.78, 5) is 0. The zero-order chi connectivity index (χ0) is 20.9. The molecule has 2 aromatic rings. The summed E-state index contributed by atoms with van der Waals surface area (Å²) >= 11 is 0. The van der Waals surface area contributed by atoms with E-state index in [4.69, 9.17) is 0 Å². The molecule has 3 heteroatoms. The van der Waals surface area contributed by atoms with Gasteiger partial charge in [-0.1, -0.05) is 26.0 Å². The lowest BCUT2D eigenvalue weighted by atomic mass is 9.55. The van der Waals surface area contributed by atoms with E-state index in [1.807, 2.05) is 6.07 Å². The van der Waals surface area contributed by atoms with Crippen LogP contribution in [0.5, 0.6) is 5.75 Å². The molecule has 2 aromatic carbocycles. The zero-order valence-corrected chi connectivity index (χ0v) is 18.3. The second-order valence-corrected chi connectivity index (χ2v) is 10.1. The van der Waals surface area contributed by atoms with Crippen molar-refractivity contribution in [2.24, 2.45) is 17.3 Å². The van der Waals surface area contributed by atoms with Crippen LogP contribution in [-0.4, -0.2) is 16.3 Å². The van der Waals surface area contributed by atoms with Crippen LogP contribution < -0.4 is 5.32 Å². The number of aryl methyl sites for hydroxylation is 2. The first-order valence-electron chi connectivity index (χ1n) is 11.8. The molecule has 0 aromatic heterocycles. The summed E-state index contributed by atoms with van der Waals surface area (Å²) in [5, 5.41) is 24.8. The van der Waals surface area contributed by atoms with Crippen molar-refractivity contribution in [1.29, 1.82) is 0 Å². The van der Waals surface area contributed by atoms with Crippen LogP contribution in [0.15, 0.2) is 36.4 Å². The van der Waals surface area contributed by atoms with E-state index in [-0.39, 0.29) is 11.5 Å². The van der Waals surface area contributed by atoms with Crippen LogP contribution in [0.1, 0.15) is 74.1 Å². The number of phenols is 1. The molecule has 5 rings (SSSR count). The van der Waals surface area contributed by atoms with Gasteiger partial charge in [0.1, 0.15) is 5.75 Å². The molecule has 5 atom stereocenters. The predicted octanol–water partition coefficient (Wildman–Crippen LogP) is 5.78. The van der Waals surface area contributed by atoms with Gasteiger partial charge in [-0.25, -0.2) is 0 Å². The van der Waals surface area contributed by atoms with Crippen molar-refractivity contribution in [1.82, 2.24) is 0 Å². The third-order valence-electron chi connectivity index (χ3n) is 8.72. The molecule has 3 aliphatic carbocycles. The van der Waals surface area contributed by atoms with Crippen molar-refractivity contribution in [3.05, 3.63) is 58.7 Å². The van der Waals surface area contributed by atoms with Crippen LogP contribution in [-0.2, 0) is 19.4 Å². The number of benzene rings is 2. The van der Waals surface area contributed by atoms with Gasteiger partial charge in [-0.15, -0.1) is 0 Å². The first-order valence-corrected chi connectivity index (χ1v) is 11.8. The average molecular weight is 406 g/mol. The number of aliphatic hydroxyl groups excluding tert-OH is 1. The van der Waals surface area contributed by atoms with Crippen LogP contribution in [0.3, 0.4) is 0 Å². The number of rotatable bonds is 4. The number of aromatic hydroxyl groups is 1. The number of aliphatic hydroxyl groups is 1. The Labute approximate surface area is 180 Å². The van der Waals surface area contributed by atoms with Crippen LogP contribution in [0, 0.1) is 17.3 Å². The van der Waals surface area contributed by atoms with Crippen molar-refractivity contribution in [2.75, 3.05) is 5.32 Å². The maximum atomic E-state index is 10.7. The van der Waals surface area contributed by atoms with E-state index in [0.29, 0.717) is 30.0 Å². The van der Waals surface area contributed by atoms with Gasteiger partial charge in [0.2, 0.25) is 0 Å². The fourth-order valence-electron chi connectivity index (χ4n) is 6.83. The van der Waals surface area contributed by atoms with E-state index in [2.05, 4.69) is 49.5 Å². The van der Waals surface area contributed by atoms with Gasteiger partial charge >= 0.3 is 0 Å². The van der Waals surface area contributed by atoms with Crippen LogP contribution in [0.2, 0.25) is 0 Å². The van der Waals surface area contributed by atoms with E-state index in [9.17, 15) is 10.2 Å². The molecule has 0 amide bonds. The molecule has 0 heterocycles. The summed E-state index contributed by atoms with van der Waals surface area (Å²) in [5.41, 5.74) is 6.34. The second-order valence-electron chi connectivity index (χ2n) is 10.1. The Morgan fingerprint density at radius 3 is 2.63 bits per heavy atom. The molecule has 0 radical (unpaired) electrons. The minimum Gasteiger partial charge on any atom is -0.508 e. The molecule has 0 unspecified atom stereocenters. The molecule has 3 nitrogen and oxygen atoms in total. The number of phenolic OH excluding ortho intramolecular Hbond substituents is 1. The lowest BCUT2D eigenvalue weighted by Crippen LogP contribution is -2.43. The summed E-state index contributed by atoms with van der Waals surface area (Å²) < 4.78 is 0. The van der Waals surface area contributed by atoms with E-state index in [0.717, 1.165) is 43.4 Å². The minimum absolute atomic E-state index is 0.116. The SMILES string of the molecule is CCc1ccc(NCc2cc3c(cc2O)CC[C@@H]2[C@@H]3CC[C@]3(C)[C@@H](O)CC[C@@H]23)cc1. The molecular weight excluding hydrogens is 370 g/mol. The van der Waals surface area contributed by atoms with Gasteiger partial charge in [0.25, 0.3) is 0 Å². The Hall–Kier alpha value is -2.00. The fourth-order valence-corrected chi connectivity index (χ4v) is 6.83. The molecule has 30 heavy (non-hydrogen) atoms. The third-order valence-corrected chi connectivity index (χ3v) is 8.72. The summed E-state index contributed by atoms with van der Waals surface area (Å²) in [7, 11) is 0. The Morgan fingerprint density at radius 2 is 1.87 bits per heavy atom. The van der Waals surface area contributed by atoms with Crippen LogP contribution in [0.25, 0.3) is 0 Å². The highest BCUT2D eigenvalue weighted by Crippen LogP contribution is 2.61. The highest BCUT2D eigenvalue weighted by molar-refractivity contribution is 5.49. The largest absolute Gasteiger partial charge is 0.508 e.